The van der Waals surface area contributed by atoms with E-state index in [0.29, 0.717) is 4.88 Å². The van der Waals surface area contributed by atoms with Gasteiger partial charge in [0.15, 0.2) is 0 Å². The SMILES string of the molecule is COc1ccc(-c2nc(C)c(C(=O)NC3CCN(Cc4ccccc4)C3)s2)cc1. The summed E-state index contributed by atoms with van der Waals surface area (Å²) in [6.07, 6.45) is 0.974. The summed E-state index contributed by atoms with van der Waals surface area (Å²) in [5.41, 5.74) is 3.08. The number of nitrogens with zero attached hydrogens (tertiary/aromatic N) is 2. The number of likely N-dealkylation sites (tertiary alicyclic amines) is 1. The van der Waals surface area contributed by atoms with Gasteiger partial charge >= 0.3 is 0 Å². The third kappa shape index (κ3) is 4.66. The quantitative estimate of drug-likeness (QED) is 0.668. The van der Waals surface area contributed by atoms with Gasteiger partial charge < -0.3 is 10.1 Å². The minimum absolute atomic E-state index is 0.0219. The molecule has 3 aromatic rings. The topological polar surface area (TPSA) is 54.5 Å². The molecule has 1 N–H and O–H groups in total. The van der Waals surface area contributed by atoms with Gasteiger partial charge in [-0.15, -0.1) is 11.3 Å². The maximum Gasteiger partial charge on any atom is 0.263 e. The van der Waals surface area contributed by atoms with Crippen molar-refractivity contribution in [2.45, 2.75) is 25.9 Å². The molecular formula is C23H25N3O2S. The van der Waals surface area contributed by atoms with E-state index in [4.69, 9.17) is 4.74 Å². The number of carbonyl (C=O) groups excluding carboxylic acids is 1. The molecule has 150 valence electrons. The molecular weight excluding hydrogens is 382 g/mol. The van der Waals surface area contributed by atoms with Crippen LogP contribution < -0.4 is 10.1 Å². The average Bonchev–Trinajstić information content (AvgIpc) is 3.35. The molecule has 6 heteroatoms. The van der Waals surface area contributed by atoms with E-state index >= 15 is 0 Å². The van der Waals surface area contributed by atoms with Gasteiger partial charge in [-0.3, -0.25) is 9.69 Å². The van der Waals surface area contributed by atoms with Gasteiger partial charge in [0.1, 0.15) is 15.6 Å². The Morgan fingerprint density at radius 1 is 1.21 bits per heavy atom. The van der Waals surface area contributed by atoms with Crippen molar-refractivity contribution >= 4 is 17.2 Å². The molecule has 1 unspecified atom stereocenters. The van der Waals surface area contributed by atoms with E-state index in [0.717, 1.165) is 48.1 Å². The van der Waals surface area contributed by atoms with E-state index in [-0.39, 0.29) is 11.9 Å². The Morgan fingerprint density at radius 2 is 1.97 bits per heavy atom. The first-order chi connectivity index (χ1) is 14.1. The lowest BCUT2D eigenvalue weighted by atomic mass is 10.2. The number of ether oxygens (including phenoxy) is 1. The summed E-state index contributed by atoms with van der Waals surface area (Å²) < 4.78 is 5.21. The summed E-state index contributed by atoms with van der Waals surface area (Å²) in [7, 11) is 1.65. The highest BCUT2D eigenvalue weighted by Gasteiger charge is 2.26. The van der Waals surface area contributed by atoms with Gasteiger partial charge in [0.25, 0.3) is 5.91 Å². The molecule has 1 aromatic heterocycles. The lowest BCUT2D eigenvalue weighted by molar-refractivity contribution is 0.0941. The highest BCUT2D eigenvalue weighted by molar-refractivity contribution is 7.17. The second-order valence-corrected chi connectivity index (χ2v) is 8.34. The Hall–Kier alpha value is -2.70. The Balaban J connectivity index is 1.38. The summed E-state index contributed by atoms with van der Waals surface area (Å²) in [4.78, 5) is 20.5. The van der Waals surface area contributed by atoms with Gasteiger partial charge in [-0.25, -0.2) is 4.98 Å². The maximum atomic E-state index is 12.9. The molecule has 5 nitrogen and oxygen atoms in total. The van der Waals surface area contributed by atoms with Gasteiger partial charge in [0.05, 0.1) is 12.8 Å². The lowest BCUT2D eigenvalue weighted by Gasteiger charge is -2.16. The predicted molar refractivity (Wildman–Crippen MR) is 116 cm³/mol. The largest absolute Gasteiger partial charge is 0.497 e. The second-order valence-electron chi connectivity index (χ2n) is 7.34. The molecule has 0 spiro atoms. The summed E-state index contributed by atoms with van der Waals surface area (Å²) >= 11 is 1.44. The molecule has 2 aromatic carbocycles. The monoisotopic (exact) mass is 407 g/mol. The van der Waals surface area contributed by atoms with Crippen molar-refractivity contribution in [3.63, 3.8) is 0 Å². The number of carbonyl (C=O) groups is 1. The van der Waals surface area contributed by atoms with Crippen molar-refractivity contribution < 1.29 is 9.53 Å². The first-order valence-corrected chi connectivity index (χ1v) is 10.6. The molecule has 1 aliphatic rings. The van der Waals surface area contributed by atoms with E-state index < -0.39 is 0 Å². The molecule has 1 atom stereocenters. The minimum atomic E-state index is -0.0219. The fraction of sp³-hybridized carbons (Fsp3) is 0.304. The van der Waals surface area contributed by atoms with Gasteiger partial charge in [-0.2, -0.15) is 0 Å². The average molecular weight is 408 g/mol. The molecule has 1 fully saturated rings. The zero-order valence-corrected chi connectivity index (χ0v) is 17.5. The first-order valence-electron chi connectivity index (χ1n) is 9.81. The molecule has 1 saturated heterocycles. The number of thiazole rings is 1. The number of nitrogens with one attached hydrogen (secondary N) is 1. The van der Waals surface area contributed by atoms with E-state index in [2.05, 4.69) is 39.5 Å². The van der Waals surface area contributed by atoms with Crippen molar-refractivity contribution in [3.8, 4) is 16.3 Å². The highest BCUT2D eigenvalue weighted by Crippen LogP contribution is 2.29. The van der Waals surface area contributed by atoms with Gasteiger partial charge in [0, 0.05) is 31.2 Å². The summed E-state index contributed by atoms with van der Waals surface area (Å²) in [6.45, 7) is 4.70. The standard InChI is InChI=1S/C23H25N3O2S/c1-16-21(29-23(24-16)18-8-10-20(28-2)11-9-18)22(27)25-19-12-13-26(15-19)14-17-6-4-3-5-7-17/h3-11,19H,12-15H2,1-2H3,(H,25,27). The molecule has 0 bridgehead atoms. The van der Waals surface area contributed by atoms with Crippen LogP contribution in [-0.2, 0) is 6.54 Å². The zero-order valence-electron chi connectivity index (χ0n) is 16.7. The molecule has 0 aliphatic carbocycles. The van der Waals surface area contributed by atoms with Crippen molar-refractivity contribution in [1.82, 2.24) is 15.2 Å². The van der Waals surface area contributed by atoms with Crippen LogP contribution in [0.1, 0.15) is 27.3 Å². The van der Waals surface area contributed by atoms with Crippen molar-refractivity contribution in [2.24, 2.45) is 0 Å². The smallest absolute Gasteiger partial charge is 0.263 e. The zero-order chi connectivity index (χ0) is 20.2. The highest BCUT2D eigenvalue weighted by atomic mass is 32.1. The first kappa shape index (κ1) is 19.6. The van der Waals surface area contributed by atoms with Crippen LogP contribution in [0.4, 0.5) is 0 Å². The van der Waals surface area contributed by atoms with Crippen LogP contribution in [0, 0.1) is 6.92 Å². The summed E-state index contributed by atoms with van der Waals surface area (Å²) in [5.74, 6) is 0.785. The van der Waals surface area contributed by atoms with Crippen molar-refractivity contribution in [1.29, 1.82) is 0 Å². The Labute approximate surface area is 175 Å². The number of hydrogen-bond acceptors (Lipinski definition) is 5. The fourth-order valence-corrected chi connectivity index (χ4v) is 4.63. The van der Waals surface area contributed by atoms with Crippen molar-refractivity contribution in [2.75, 3.05) is 20.2 Å². The third-order valence-electron chi connectivity index (χ3n) is 5.20. The number of hydrogen-bond donors (Lipinski definition) is 1. The van der Waals surface area contributed by atoms with Gasteiger partial charge in [0.2, 0.25) is 0 Å². The van der Waals surface area contributed by atoms with Crippen LogP contribution in [0.3, 0.4) is 0 Å². The molecule has 1 aliphatic heterocycles. The number of rotatable bonds is 6. The van der Waals surface area contributed by atoms with Crippen LogP contribution >= 0.6 is 11.3 Å². The Morgan fingerprint density at radius 3 is 2.69 bits per heavy atom. The van der Waals surface area contributed by atoms with Gasteiger partial charge in [-0.05, 0) is 43.2 Å². The minimum Gasteiger partial charge on any atom is -0.497 e. The molecule has 29 heavy (non-hydrogen) atoms. The van der Waals surface area contributed by atoms with Crippen LogP contribution in [0.5, 0.6) is 5.75 Å². The summed E-state index contributed by atoms with van der Waals surface area (Å²) in [5, 5.41) is 4.06. The number of aromatic nitrogens is 1. The van der Waals surface area contributed by atoms with E-state index in [1.165, 1.54) is 16.9 Å². The Kier molecular flexibility index (Phi) is 5.92. The predicted octanol–water partition coefficient (Wildman–Crippen LogP) is 4.13. The van der Waals surface area contributed by atoms with Crippen LogP contribution in [0.25, 0.3) is 10.6 Å². The molecule has 0 saturated carbocycles. The van der Waals surface area contributed by atoms with Crippen LogP contribution in [0.2, 0.25) is 0 Å². The third-order valence-corrected chi connectivity index (χ3v) is 6.40. The molecule has 2 heterocycles. The number of amides is 1. The molecule has 1 amide bonds. The van der Waals surface area contributed by atoms with Crippen LogP contribution in [0.15, 0.2) is 54.6 Å². The van der Waals surface area contributed by atoms with E-state index in [9.17, 15) is 4.79 Å². The Bertz CT molecular complexity index is 970. The van der Waals surface area contributed by atoms with E-state index in [1.807, 2.05) is 37.3 Å². The summed E-state index contributed by atoms with van der Waals surface area (Å²) in [6, 6.07) is 18.4. The maximum absolute atomic E-state index is 12.9. The van der Waals surface area contributed by atoms with Gasteiger partial charge in [-0.1, -0.05) is 30.3 Å². The number of aryl methyl sites for hydroxylation is 1. The number of benzene rings is 2. The molecule has 0 radical (unpaired) electrons. The van der Waals surface area contributed by atoms with E-state index in [1.54, 1.807) is 7.11 Å². The normalized spacial score (nSPS) is 16.7. The fourth-order valence-electron chi connectivity index (χ4n) is 3.65. The lowest BCUT2D eigenvalue weighted by Crippen LogP contribution is -2.36. The second kappa shape index (κ2) is 8.76. The molecule has 4 rings (SSSR count). The van der Waals surface area contributed by atoms with Crippen molar-refractivity contribution in [3.05, 3.63) is 70.7 Å². The number of methoxy groups -OCH3 is 1. The van der Waals surface area contributed by atoms with Crippen LogP contribution in [-0.4, -0.2) is 42.0 Å².